The molecular formula is C17H27N3O. The molecule has 1 rings (SSSR count). The number of rotatable bonds is 9. The first kappa shape index (κ1) is 17.3. The van der Waals surface area contributed by atoms with E-state index in [1.54, 1.807) is 13.2 Å². The van der Waals surface area contributed by atoms with Crippen molar-refractivity contribution in [3.05, 3.63) is 23.8 Å². The number of hydrogen-bond donors (Lipinski definition) is 1. The van der Waals surface area contributed by atoms with Crippen molar-refractivity contribution in [1.82, 2.24) is 4.90 Å². The van der Waals surface area contributed by atoms with Gasteiger partial charge in [-0.1, -0.05) is 13.8 Å². The largest absolute Gasteiger partial charge is 0.497 e. The Hall–Kier alpha value is -1.73. The van der Waals surface area contributed by atoms with Gasteiger partial charge in [-0.3, -0.25) is 0 Å². The summed E-state index contributed by atoms with van der Waals surface area (Å²) in [6, 6.07) is 8.05. The number of methoxy groups -OCH3 is 1. The first-order chi connectivity index (χ1) is 10.1. The van der Waals surface area contributed by atoms with Gasteiger partial charge < -0.3 is 15.0 Å². The Morgan fingerprint density at radius 3 is 2.62 bits per heavy atom. The Morgan fingerprint density at radius 2 is 2.05 bits per heavy atom. The number of nitrogens with zero attached hydrogens (tertiary/aromatic N) is 2. The molecule has 0 radical (unpaired) electrons. The molecule has 1 N–H and O–H groups in total. The molecule has 21 heavy (non-hydrogen) atoms. The highest BCUT2D eigenvalue weighted by Crippen LogP contribution is 2.23. The Kier molecular flexibility index (Phi) is 7.63. The van der Waals surface area contributed by atoms with Gasteiger partial charge in [-0.25, -0.2) is 0 Å². The van der Waals surface area contributed by atoms with Crippen LogP contribution in [0.4, 0.5) is 5.69 Å². The summed E-state index contributed by atoms with van der Waals surface area (Å²) in [5, 5.41) is 12.6. The van der Waals surface area contributed by atoms with Crippen molar-refractivity contribution in [1.29, 1.82) is 5.26 Å². The smallest absolute Gasteiger partial charge is 0.121 e. The quantitative estimate of drug-likeness (QED) is 0.756. The van der Waals surface area contributed by atoms with Crippen LogP contribution in [-0.2, 0) is 0 Å². The average Bonchev–Trinajstić information content (AvgIpc) is 2.51. The SMILES string of the molecule is CCN(CC)CCCC(C)Nc1cc(OC)ccc1C#N. The summed E-state index contributed by atoms with van der Waals surface area (Å²) in [4.78, 5) is 2.43. The summed E-state index contributed by atoms with van der Waals surface area (Å²) < 4.78 is 5.22. The van der Waals surface area contributed by atoms with E-state index in [1.165, 1.54) is 0 Å². The molecule has 0 amide bonds. The molecule has 116 valence electrons. The second-order valence-corrected chi connectivity index (χ2v) is 5.24. The third-order valence-corrected chi connectivity index (χ3v) is 3.75. The molecule has 0 spiro atoms. The van der Waals surface area contributed by atoms with Crippen LogP contribution in [0.3, 0.4) is 0 Å². The summed E-state index contributed by atoms with van der Waals surface area (Å²) in [5.41, 5.74) is 1.51. The van der Waals surface area contributed by atoms with Crippen LogP contribution in [0.15, 0.2) is 18.2 Å². The van der Waals surface area contributed by atoms with E-state index in [0.717, 1.165) is 43.9 Å². The summed E-state index contributed by atoms with van der Waals surface area (Å²) in [6.07, 6.45) is 2.24. The summed E-state index contributed by atoms with van der Waals surface area (Å²) >= 11 is 0. The Morgan fingerprint density at radius 1 is 1.33 bits per heavy atom. The molecule has 4 nitrogen and oxygen atoms in total. The highest BCUT2D eigenvalue weighted by atomic mass is 16.5. The zero-order valence-corrected chi connectivity index (χ0v) is 13.6. The number of hydrogen-bond acceptors (Lipinski definition) is 4. The number of benzene rings is 1. The number of nitriles is 1. The second-order valence-electron chi connectivity index (χ2n) is 5.24. The van der Waals surface area contributed by atoms with E-state index in [2.05, 4.69) is 37.1 Å². The summed E-state index contributed by atoms with van der Waals surface area (Å²) in [5.74, 6) is 0.770. The monoisotopic (exact) mass is 289 g/mol. The van der Waals surface area contributed by atoms with Gasteiger partial charge in [-0.05, 0) is 51.5 Å². The molecule has 4 heteroatoms. The minimum atomic E-state index is 0.333. The van der Waals surface area contributed by atoms with Gasteiger partial charge >= 0.3 is 0 Å². The molecule has 0 fully saturated rings. The van der Waals surface area contributed by atoms with E-state index in [-0.39, 0.29) is 0 Å². The molecule has 1 aromatic carbocycles. The lowest BCUT2D eigenvalue weighted by Gasteiger charge is -2.20. The summed E-state index contributed by atoms with van der Waals surface area (Å²) in [7, 11) is 1.64. The third-order valence-electron chi connectivity index (χ3n) is 3.75. The van der Waals surface area contributed by atoms with E-state index in [1.807, 2.05) is 12.1 Å². The van der Waals surface area contributed by atoms with Gasteiger partial charge in [0.15, 0.2) is 0 Å². The van der Waals surface area contributed by atoms with Crippen molar-refractivity contribution >= 4 is 5.69 Å². The van der Waals surface area contributed by atoms with Crippen LogP contribution >= 0.6 is 0 Å². The average molecular weight is 289 g/mol. The predicted molar refractivity (Wildman–Crippen MR) is 87.8 cm³/mol. The van der Waals surface area contributed by atoms with Gasteiger partial charge in [0.25, 0.3) is 0 Å². The predicted octanol–water partition coefficient (Wildman–Crippen LogP) is 3.49. The van der Waals surface area contributed by atoms with Crippen molar-refractivity contribution < 1.29 is 4.74 Å². The van der Waals surface area contributed by atoms with Crippen molar-refractivity contribution in [3.8, 4) is 11.8 Å². The second kappa shape index (κ2) is 9.25. The van der Waals surface area contributed by atoms with Crippen LogP contribution in [0.25, 0.3) is 0 Å². The molecule has 0 saturated heterocycles. The normalized spacial score (nSPS) is 12.0. The molecule has 0 saturated carbocycles. The lowest BCUT2D eigenvalue weighted by atomic mass is 10.1. The summed E-state index contributed by atoms with van der Waals surface area (Å²) in [6.45, 7) is 9.88. The van der Waals surface area contributed by atoms with E-state index < -0.39 is 0 Å². The molecule has 0 heterocycles. The first-order valence-corrected chi connectivity index (χ1v) is 7.71. The molecule has 0 aromatic heterocycles. The van der Waals surface area contributed by atoms with E-state index in [0.29, 0.717) is 11.6 Å². The standard InChI is InChI=1S/C17H27N3O/c1-5-20(6-2)11-7-8-14(3)19-17-12-16(21-4)10-9-15(17)13-18/h9-10,12,14,19H,5-8,11H2,1-4H3. The molecule has 0 aliphatic heterocycles. The third kappa shape index (κ3) is 5.65. The Balaban J connectivity index is 2.54. The van der Waals surface area contributed by atoms with E-state index in [9.17, 15) is 5.26 Å². The fourth-order valence-electron chi connectivity index (χ4n) is 2.37. The fraction of sp³-hybridized carbons (Fsp3) is 0.588. The van der Waals surface area contributed by atoms with Crippen molar-refractivity contribution in [3.63, 3.8) is 0 Å². The van der Waals surface area contributed by atoms with Crippen molar-refractivity contribution in [2.75, 3.05) is 32.1 Å². The number of anilines is 1. The van der Waals surface area contributed by atoms with Crippen molar-refractivity contribution in [2.45, 2.75) is 39.7 Å². The molecule has 0 aliphatic rings. The fourth-order valence-corrected chi connectivity index (χ4v) is 2.37. The lowest BCUT2D eigenvalue weighted by Crippen LogP contribution is -2.25. The minimum Gasteiger partial charge on any atom is -0.497 e. The number of ether oxygens (including phenoxy) is 1. The topological polar surface area (TPSA) is 48.3 Å². The van der Waals surface area contributed by atoms with E-state index >= 15 is 0 Å². The maximum atomic E-state index is 9.17. The van der Waals surface area contributed by atoms with Crippen LogP contribution in [0.2, 0.25) is 0 Å². The molecule has 1 unspecified atom stereocenters. The van der Waals surface area contributed by atoms with Gasteiger partial charge in [0.1, 0.15) is 11.8 Å². The Bertz CT molecular complexity index is 464. The molecule has 0 aliphatic carbocycles. The van der Waals surface area contributed by atoms with Gasteiger partial charge in [0.2, 0.25) is 0 Å². The van der Waals surface area contributed by atoms with Gasteiger partial charge in [0, 0.05) is 12.1 Å². The van der Waals surface area contributed by atoms with Crippen molar-refractivity contribution in [2.24, 2.45) is 0 Å². The first-order valence-electron chi connectivity index (χ1n) is 7.71. The molecular weight excluding hydrogens is 262 g/mol. The highest BCUT2D eigenvalue weighted by molar-refractivity contribution is 5.60. The van der Waals surface area contributed by atoms with Crippen LogP contribution in [0.1, 0.15) is 39.2 Å². The Labute approximate surface area is 128 Å². The van der Waals surface area contributed by atoms with Crippen LogP contribution in [0.5, 0.6) is 5.75 Å². The minimum absolute atomic E-state index is 0.333. The molecule has 0 bridgehead atoms. The number of nitrogens with one attached hydrogen (secondary N) is 1. The van der Waals surface area contributed by atoms with Gasteiger partial charge in [0.05, 0.1) is 18.4 Å². The maximum absolute atomic E-state index is 9.17. The van der Waals surface area contributed by atoms with Crippen LogP contribution in [-0.4, -0.2) is 37.7 Å². The van der Waals surface area contributed by atoms with E-state index in [4.69, 9.17) is 4.74 Å². The zero-order valence-electron chi connectivity index (χ0n) is 13.6. The highest BCUT2D eigenvalue weighted by Gasteiger charge is 2.08. The zero-order chi connectivity index (χ0) is 15.7. The molecule has 1 atom stereocenters. The lowest BCUT2D eigenvalue weighted by molar-refractivity contribution is 0.295. The molecule has 1 aromatic rings. The van der Waals surface area contributed by atoms with Crippen LogP contribution in [0, 0.1) is 11.3 Å². The van der Waals surface area contributed by atoms with Crippen LogP contribution < -0.4 is 10.1 Å². The van der Waals surface area contributed by atoms with Gasteiger partial charge in [-0.15, -0.1) is 0 Å². The maximum Gasteiger partial charge on any atom is 0.121 e. The van der Waals surface area contributed by atoms with Gasteiger partial charge in [-0.2, -0.15) is 5.26 Å².